The summed E-state index contributed by atoms with van der Waals surface area (Å²) in [5.41, 5.74) is 1.65. The zero-order valence-electron chi connectivity index (χ0n) is 13.1. The Labute approximate surface area is 140 Å². The number of nitrogens with one attached hydrogen (secondary N) is 1. The average Bonchev–Trinajstić information content (AvgIpc) is 2.56. The molecule has 1 aromatic heterocycles. The number of benzene rings is 1. The van der Waals surface area contributed by atoms with Crippen molar-refractivity contribution in [3.8, 4) is 0 Å². The van der Waals surface area contributed by atoms with Gasteiger partial charge in [0.25, 0.3) is 5.91 Å². The number of hydrogen-bond donors (Lipinski definition) is 1. The van der Waals surface area contributed by atoms with Crippen molar-refractivity contribution in [2.45, 2.75) is 19.8 Å². The van der Waals surface area contributed by atoms with Crippen molar-refractivity contribution in [1.29, 1.82) is 0 Å². The molecule has 0 aliphatic carbocycles. The van der Waals surface area contributed by atoms with Crippen LogP contribution in [0.5, 0.6) is 0 Å². The Kier molecular flexibility index (Phi) is 5.93. The van der Waals surface area contributed by atoms with Crippen molar-refractivity contribution in [1.82, 2.24) is 4.98 Å². The van der Waals surface area contributed by atoms with E-state index in [0.29, 0.717) is 11.4 Å². The lowest BCUT2D eigenvalue weighted by atomic mass is 10.2. The van der Waals surface area contributed by atoms with Crippen molar-refractivity contribution in [3.05, 3.63) is 53.1 Å². The number of amides is 1. The van der Waals surface area contributed by atoms with Gasteiger partial charge in [-0.05, 0) is 36.8 Å². The molecule has 0 atom stereocenters. The van der Waals surface area contributed by atoms with Gasteiger partial charge in [-0.3, -0.25) is 9.78 Å². The molecule has 0 bridgehead atoms. The van der Waals surface area contributed by atoms with Crippen LogP contribution in [0.25, 0.3) is 0 Å². The highest BCUT2D eigenvalue weighted by atomic mass is 35.5. The first-order chi connectivity index (χ1) is 11.0. The van der Waals surface area contributed by atoms with Gasteiger partial charge in [-0.1, -0.05) is 24.9 Å². The van der Waals surface area contributed by atoms with Crippen LogP contribution in [0.15, 0.2) is 36.5 Å². The van der Waals surface area contributed by atoms with Gasteiger partial charge in [0.1, 0.15) is 11.5 Å². The van der Waals surface area contributed by atoms with Crippen molar-refractivity contribution < 1.29 is 9.18 Å². The third-order valence-corrected chi connectivity index (χ3v) is 3.73. The van der Waals surface area contributed by atoms with Gasteiger partial charge in [-0.15, -0.1) is 0 Å². The van der Waals surface area contributed by atoms with Gasteiger partial charge in [0, 0.05) is 31.2 Å². The Morgan fingerprint density at radius 2 is 2.13 bits per heavy atom. The van der Waals surface area contributed by atoms with E-state index in [1.165, 1.54) is 18.2 Å². The molecule has 0 saturated carbocycles. The van der Waals surface area contributed by atoms with E-state index >= 15 is 0 Å². The van der Waals surface area contributed by atoms with E-state index in [-0.39, 0.29) is 10.9 Å². The maximum Gasteiger partial charge on any atom is 0.274 e. The molecule has 1 amide bonds. The molecular weight excluding hydrogens is 317 g/mol. The first-order valence-corrected chi connectivity index (χ1v) is 7.82. The van der Waals surface area contributed by atoms with Crippen molar-refractivity contribution in [2.24, 2.45) is 0 Å². The van der Waals surface area contributed by atoms with E-state index in [1.807, 2.05) is 13.1 Å². The smallest absolute Gasteiger partial charge is 0.274 e. The van der Waals surface area contributed by atoms with E-state index in [0.717, 1.165) is 25.1 Å². The molecule has 0 aliphatic rings. The van der Waals surface area contributed by atoms with Gasteiger partial charge in [0.2, 0.25) is 0 Å². The predicted molar refractivity (Wildman–Crippen MR) is 91.8 cm³/mol. The first-order valence-electron chi connectivity index (χ1n) is 7.45. The van der Waals surface area contributed by atoms with Crippen LogP contribution < -0.4 is 10.2 Å². The topological polar surface area (TPSA) is 45.2 Å². The summed E-state index contributed by atoms with van der Waals surface area (Å²) in [7, 11) is 1.98. The molecule has 0 aliphatic heterocycles. The van der Waals surface area contributed by atoms with E-state index in [4.69, 9.17) is 11.6 Å². The number of halogens is 2. The Morgan fingerprint density at radius 3 is 2.83 bits per heavy atom. The van der Waals surface area contributed by atoms with Crippen LogP contribution in [0.4, 0.5) is 15.8 Å². The molecule has 1 aromatic carbocycles. The zero-order chi connectivity index (χ0) is 16.8. The molecule has 1 heterocycles. The summed E-state index contributed by atoms with van der Waals surface area (Å²) in [4.78, 5) is 18.4. The van der Waals surface area contributed by atoms with Gasteiger partial charge in [0.15, 0.2) is 0 Å². The van der Waals surface area contributed by atoms with Crippen LogP contribution in [0, 0.1) is 5.82 Å². The number of hydrogen-bond acceptors (Lipinski definition) is 3. The predicted octanol–water partition coefficient (Wildman–Crippen LogP) is 4.36. The molecule has 0 fully saturated rings. The summed E-state index contributed by atoms with van der Waals surface area (Å²) >= 11 is 5.71. The number of pyridine rings is 1. The number of carbonyl (C=O) groups is 1. The standard InChI is InChI=1S/C17H19ClFN3O/c1-3-4-9-22(2)13-7-8-20-16(11-13)17(23)21-12-5-6-15(19)14(18)10-12/h5-8,10-11H,3-4,9H2,1-2H3,(H,21,23). The normalized spacial score (nSPS) is 10.4. The van der Waals surface area contributed by atoms with Crippen LogP contribution in [0.1, 0.15) is 30.3 Å². The maximum atomic E-state index is 13.1. The van der Waals surface area contributed by atoms with E-state index < -0.39 is 5.82 Å². The van der Waals surface area contributed by atoms with E-state index in [9.17, 15) is 9.18 Å². The molecule has 6 heteroatoms. The number of unbranched alkanes of at least 4 members (excludes halogenated alkanes) is 1. The number of nitrogens with zero attached hydrogens (tertiary/aromatic N) is 2. The lowest BCUT2D eigenvalue weighted by Crippen LogP contribution is -2.20. The molecule has 0 radical (unpaired) electrons. The molecule has 0 spiro atoms. The fraction of sp³-hybridized carbons (Fsp3) is 0.294. The van der Waals surface area contributed by atoms with E-state index in [1.54, 1.807) is 12.3 Å². The Morgan fingerprint density at radius 1 is 1.35 bits per heavy atom. The molecule has 122 valence electrons. The monoisotopic (exact) mass is 335 g/mol. The molecule has 23 heavy (non-hydrogen) atoms. The lowest BCUT2D eigenvalue weighted by Gasteiger charge is -2.19. The van der Waals surface area contributed by atoms with Crippen LogP contribution in [-0.4, -0.2) is 24.5 Å². The van der Waals surface area contributed by atoms with Crippen molar-refractivity contribution in [2.75, 3.05) is 23.8 Å². The van der Waals surface area contributed by atoms with Gasteiger partial charge < -0.3 is 10.2 Å². The third-order valence-electron chi connectivity index (χ3n) is 3.44. The first kappa shape index (κ1) is 17.2. The largest absolute Gasteiger partial charge is 0.374 e. The van der Waals surface area contributed by atoms with Gasteiger partial charge in [0.05, 0.1) is 5.02 Å². The van der Waals surface area contributed by atoms with Crippen molar-refractivity contribution >= 4 is 28.9 Å². The van der Waals surface area contributed by atoms with Gasteiger partial charge in [-0.2, -0.15) is 0 Å². The summed E-state index contributed by atoms with van der Waals surface area (Å²) in [5, 5.41) is 2.63. The quantitative estimate of drug-likeness (QED) is 0.853. The summed E-state index contributed by atoms with van der Waals surface area (Å²) < 4.78 is 13.1. The zero-order valence-corrected chi connectivity index (χ0v) is 13.9. The molecule has 0 saturated heterocycles. The second kappa shape index (κ2) is 7.92. The third kappa shape index (κ3) is 4.66. The second-order valence-electron chi connectivity index (χ2n) is 5.26. The number of rotatable bonds is 6. The fourth-order valence-corrected chi connectivity index (χ4v) is 2.25. The highest BCUT2D eigenvalue weighted by Crippen LogP contribution is 2.20. The molecule has 2 rings (SSSR count). The Hall–Kier alpha value is -2.14. The van der Waals surface area contributed by atoms with Crippen molar-refractivity contribution in [3.63, 3.8) is 0 Å². The lowest BCUT2D eigenvalue weighted by molar-refractivity contribution is 0.102. The number of carbonyl (C=O) groups excluding carboxylic acids is 1. The van der Waals surface area contributed by atoms with Crippen LogP contribution >= 0.6 is 11.6 Å². The summed E-state index contributed by atoms with van der Waals surface area (Å²) in [5.74, 6) is -0.888. The highest BCUT2D eigenvalue weighted by Gasteiger charge is 2.11. The van der Waals surface area contributed by atoms with Gasteiger partial charge in [-0.25, -0.2) is 4.39 Å². The minimum atomic E-state index is -0.526. The molecule has 1 N–H and O–H groups in total. The second-order valence-corrected chi connectivity index (χ2v) is 5.66. The molecule has 2 aromatic rings. The average molecular weight is 336 g/mol. The molecular formula is C17H19ClFN3O. The summed E-state index contributed by atoms with van der Waals surface area (Å²) in [6.45, 7) is 3.04. The Balaban J connectivity index is 2.11. The fourth-order valence-electron chi connectivity index (χ4n) is 2.07. The summed E-state index contributed by atoms with van der Waals surface area (Å²) in [6, 6.07) is 7.63. The van der Waals surface area contributed by atoms with Gasteiger partial charge >= 0.3 is 0 Å². The van der Waals surface area contributed by atoms with Crippen LogP contribution in [0.3, 0.4) is 0 Å². The minimum Gasteiger partial charge on any atom is -0.374 e. The maximum absolute atomic E-state index is 13.1. The van der Waals surface area contributed by atoms with Crippen LogP contribution in [0.2, 0.25) is 5.02 Å². The number of aromatic nitrogens is 1. The molecule has 0 unspecified atom stereocenters. The minimum absolute atomic E-state index is 0.0381. The SMILES string of the molecule is CCCCN(C)c1ccnc(C(=O)Nc2ccc(F)c(Cl)c2)c1. The summed E-state index contributed by atoms with van der Waals surface area (Å²) in [6.07, 6.45) is 3.78. The highest BCUT2D eigenvalue weighted by molar-refractivity contribution is 6.31. The molecule has 4 nitrogen and oxygen atoms in total. The van der Waals surface area contributed by atoms with Crippen LogP contribution in [-0.2, 0) is 0 Å². The number of anilines is 2. The Bertz CT molecular complexity index is 693. The van der Waals surface area contributed by atoms with E-state index in [2.05, 4.69) is 22.1 Å².